The van der Waals surface area contributed by atoms with Crippen LogP contribution in [0.1, 0.15) is 39.2 Å². The third kappa shape index (κ3) is 5.69. The van der Waals surface area contributed by atoms with Gasteiger partial charge < -0.3 is 10.1 Å². The molecule has 128 valence electrons. The number of unbranched alkanes of at least 4 members (excludes halogenated alkanes) is 1. The quantitative estimate of drug-likeness (QED) is 0.746. The number of benzene rings is 1. The zero-order valence-electron chi connectivity index (χ0n) is 14.7. The second kappa shape index (κ2) is 9.06. The van der Waals surface area contributed by atoms with Crippen molar-refractivity contribution in [3.63, 3.8) is 0 Å². The summed E-state index contributed by atoms with van der Waals surface area (Å²) in [5, 5.41) is 2.91. The second-order valence-electron chi connectivity index (χ2n) is 6.09. The molecule has 0 spiro atoms. The van der Waals surface area contributed by atoms with E-state index in [2.05, 4.69) is 41.5 Å². The van der Waals surface area contributed by atoms with Crippen molar-refractivity contribution in [2.45, 2.75) is 46.1 Å². The van der Waals surface area contributed by atoms with Crippen LogP contribution in [0.5, 0.6) is 5.88 Å². The van der Waals surface area contributed by atoms with Gasteiger partial charge in [0.1, 0.15) is 0 Å². The standard InChI is InChI=1S/C20H26N2O2/c1-4-5-12-24-20-14-19(10-11-21-20)18-8-6-17(7-9-18)13-15(2)22-16(3)23/h6-11,14-15H,4-5,12-13H2,1-3H3,(H,22,23). The molecule has 0 saturated heterocycles. The van der Waals surface area contributed by atoms with Crippen LogP contribution in [-0.2, 0) is 11.2 Å². The molecule has 0 radical (unpaired) electrons. The van der Waals surface area contributed by atoms with E-state index in [-0.39, 0.29) is 11.9 Å². The number of aromatic nitrogens is 1. The Morgan fingerprint density at radius 2 is 1.96 bits per heavy atom. The number of hydrogen-bond acceptors (Lipinski definition) is 3. The molecule has 1 heterocycles. The van der Waals surface area contributed by atoms with Gasteiger partial charge in [0.2, 0.25) is 11.8 Å². The summed E-state index contributed by atoms with van der Waals surface area (Å²) >= 11 is 0. The minimum Gasteiger partial charge on any atom is -0.478 e. The maximum absolute atomic E-state index is 11.1. The van der Waals surface area contributed by atoms with Gasteiger partial charge in [-0.3, -0.25) is 4.79 Å². The van der Waals surface area contributed by atoms with E-state index in [9.17, 15) is 4.79 Å². The predicted octanol–water partition coefficient (Wildman–Crippen LogP) is 3.99. The molecule has 24 heavy (non-hydrogen) atoms. The lowest BCUT2D eigenvalue weighted by molar-refractivity contribution is -0.119. The van der Waals surface area contributed by atoms with Crippen molar-refractivity contribution in [3.8, 4) is 17.0 Å². The van der Waals surface area contributed by atoms with E-state index in [4.69, 9.17) is 4.74 Å². The fourth-order valence-corrected chi connectivity index (χ4v) is 2.57. The molecule has 0 aliphatic carbocycles. The summed E-state index contributed by atoms with van der Waals surface area (Å²) in [4.78, 5) is 15.3. The summed E-state index contributed by atoms with van der Waals surface area (Å²) in [6.07, 6.45) is 4.75. The van der Waals surface area contributed by atoms with Gasteiger partial charge in [0.25, 0.3) is 0 Å². The first-order valence-electron chi connectivity index (χ1n) is 8.53. The van der Waals surface area contributed by atoms with E-state index < -0.39 is 0 Å². The van der Waals surface area contributed by atoms with E-state index >= 15 is 0 Å². The Morgan fingerprint density at radius 1 is 1.21 bits per heavy atom. The maximum Gasteiger partial charge on any atom is 0.217 e. The first-order chi connectivity index (χ1) is 11.6. The maximum atomic E-state index is 11.1. The van der Waals surface area contributed by atoms with E-state index in [0.29, 0.717) is 12.5 Å². The molecule has 1 unspecified atom stereocenters. The molecule has 0 aliphatic rings. The monoisotopic (exact) mass is 326 g/mol. The number of carbonyl (C=O) groups excluding carboxylic acids is 1. The van der Waals surface area contributed by atoms with Crippen molar-refractivity contribution in [1.82, 2.24) is 10.3 Å². The number of nitrogens with zero attached hydrogens (tertiary/aromatic N) is 1. The van der Waals surface area contributed by atoms with Crippen molar-refractivity contribution in [2.24, 2.45) is 0 Å². The Kier molecular flexibility index (Phi) is 6.79. The largest absolute Gasteiger partial charge is 0.478 e. The Bertz CT molecular complexity index is 653. The molecule has 0 aliphatic heterocycles. The number of carbonyl (C=O) groups is 1. The number of pyridine rings is 1. The van der Waals surface area contributed by atoms with Gasteiger partial charge in [0, 0.05) is 25.2 Å². The normalized spacial score (nSPS) is 11.8. The Labute approximate surface area is 144 Å². The van der Waals surface area contributed by atoms with Gasteiger partial charge in [-0.2, -0.15) is 0 Å². The van der Waals surface area contributed by atoms with Gasteiger partial charge in [-0.15, -0.1) is 0 Å². The highest BCUT2D eigenvalue weighted by atomic mass is 16.5. The topological polar surface area (TPSA) is 51.2 Å². The van der Waals surface area contributed by atoms with Gasteiger partial charge in [-0.05, 0) is 42.5 Å². The predicted molar refractivity (Wildman–Crippen MR) is 97.1 cm³/mol. The van der Waals surface area contributed by atoms with Gasteiger partial charge in [0.15, 0.2) is 0 Å². The molecule has 0 fully saturated rings. The zero-order valence-corrected chi connectivity index (χ0v) is 14.7. The molecule has 4 heteroatoms. The van der Waals surface area contributed by atoms with Crippen LogP contribution in [0.2, 0.25) is 0 Å². The summed E-state index contributed by atoms with van der Waals surface area (Å²) in [5.41, 5.74) is 3.43. The summed E-state index contributed by atoms with van der Waals surface area (Å²) in [6, 6.07) is 12.5. The third-order valence-corrected chi connectivity index (χ3v) is 3.76. The first kappa shape index (κ1) is 18.0. The lowest BCUT2D eigenvalue weighted by atomic mass is 10.0. The smallest absolute Gasteiger partial charge is 0.217 e. The molecule has 0 saturated carbocycles. The lowest BCUT2D eigenvalue weighted by Crippen LogP contribution is -2.31. The highest BCUT2D eigenvalue weighted by Crippen LogP contribution is 2.23. The molecule has 2 rings (SSSR count). The van der Waals surface area contributed by atoms with Gasteiger partial charge in [0.05, 0.1) is 6.61 Å². The summed E-state index contributed by atoms with van der Waals surface area (Å²) in [5.74, 6) is 0.677. The first-order valence-corrected chi connectivity index (χ1v) is 8.53. The zero-order chi connectivity index (χ0) is 17.4. The minimum absolute atomic E-state index is 0.00603. The number of ether oxygens (including phenoxy) is 1. The van der Waals surface area contributed by atoms with Crippen LogP contribution < -0.4 is 10.1 Å². The molecule has 1 aromatic heterocycles. The molecule has 1 aromatic carbocycles. The lowest BCUT2D eigenvalue weighted by Gasteiger charge is -2.13. The summed E-state index contributed by atoms with van der Waals surface area (Å²) in [6.45, 7) is 6.40. The van der Waals surface area contributed by atoms with E-state index in [1.165, 1.54) is 5.56 Å². The molecule has 1 amide bonds. The summed E-state index contributed by atoms with van der Waals surface area (Å²) in [7, 11) is 0. The van der Waals surface area contributed by atoms with E-state index in [1.807, 2.05) is 19.1 Å². The van der Waals surface area contributed by atoms with Crippen LogP contribution in [0, 0.1) is 0 Å². The molecule has 4 nitrogen and oxygen atoms in total. The fourth-order valence-electron chi connectivity index (χ4n) is 2.57. The Morgan fingerprint density at radius 3 is 2.62 bits per heavy atom. The number of nitrogens with one attached hydrogen (secondary N) is 1. The van der Waals surface area contributed by atoms with Crippen LogP contribution in [-0.4, -0.2) is 23.5 Å². The number of hydrogen-bond donors (Lipinski definition) is 1. The van der Waals surface area contributed by atoms with Gasteiger partial charge >= 0.3 is 0 Å². The minimum atomic E-state index is 0.00603. The van der Waals surface area contributed by atoms with Crippen molar-refractivity contribution in [2.75, 3.05) is 6.61 Å². The molecular weight excluding hydrogens is 300 g/mol. The SMILES string of the molecule is CCCCOc1cc(-c2ccc(CC(C)NC(C)=O)cc2)ccn1. The highest BCUT2D eigenvalue weighted by Gasteiger charge is 2.06. The Hall–Kier alpha value is -2.36. The van der Waals surface area contributed by atoms with E-state index in [0.717, 1.165) is 30.4 Å². The van der Waals surface area contributed by atoms with Crippen LogP contribution in [0.15, 0.2) is 42.6 Å². The average molecular weight is 326 g/mol. The third-order valence-electron chi connectivity index (χ3n) is 3.76. The fraction of sp³-hybridized carbons (Fsp3) is 0.400. The number of amides is 1. The molecule has 1 N–H and O–H groups in total. The summed E-state index contributed by atoms with van der Waals surface area (Å²) < 4.78 is 5.67. The van der Waals surface area contributed by atoms with Crippen molar-refractivity contribution >= 4 is 5.91 Å². The van der Waals surface area contributed by atoms with Crippen LogP contribution >= 0.6 is 0 Å². The van der Waals surface area contributed by atoms with Crippen molar-refractivity contribution in [1.29, 1.82) is 0 Å². The molecule has 0 bridgehead atoms. The van der Waals surface area contributed by atoms with Gasteiger partial charge in [-0.1, -0.05) is 37.6 Å². The van der Waals surface area contributed by atoms with Gasteiger partial charge in [-0.25, -0.2) is 4.98 Å². The van der Waals surface area contributed by atoms with E-state index in [1.54, 1.807) is 13.1 Å². The van der Waals surface area contributed by atoms with Crippen molar-refractivity contribution < 1.29 is 9.53 Å². The average Bonchev–Trinajstić information content (AvgIpc) is 2.55. The van der Waals surface area contributed by atoms with Crippen LogP contribution in [0.4, 0.5) is 0 Å². The highest BCUT2D eigenvalue weighted by molar-refractivity contribution is 5.73. The van der Waals surface area contributed by atoms with Crippen LogP contribution in [0.25, 0.3) is 11.1 Å². The Balaban J connectivity index is 2.02. The second-order valence-corrected chi connectivity index (χ2v) is 6.09. The molecule has 1 atom stereocenters. The molecular formula is C20H26N2O2. The van der Waals surface area contributed by atoms with Crippen molar-refractivity contribution in [3.05, 3.63) is 48.2 Å². The number of rotatable bonds is 8. The molecule has 2 aromatic rings. The van der Waals surface area contributed by atoms with Crippen LogP contribution in [0.3, 0.4) is 0 Å².